The normalized spacial score (nSPS) is 20.6. The summed E-state index contributed by atoms with van der Waals surface area (Å²) in [6, 6.07) is 0. The largest absolute Gasteiger partial charge is 0.523 e. The van der Waals surface area contributed by atoms with Crippen molar-refractivity contribution in [1.82, 2.24) is 0 Å². The highest BCUT2D eigenvalue weighted by Gasteiger charge is 2.51. The van der Waals surface area contributed by atoms with Gasteiger partial charge in [-0.25, -0.2) is 14.2 Å². The Morgan fingerprint density at radius 2 is 1.56 bits per heavy atom. The number of hydrogen-bond donors (Lipinski definition) is 0. The van der Waals surface area contributed by atoms with E-state index in [1.165, 1.54) is 13.8 Å². The summed E-state index contributed by atoms with van der Waals surface area (Å²) in [5, 5.41) is 0. The molecular weight excluding hydrogens is 249 g/mol. The monoisotopic (exact) mass is 258 g/mol. The van der Waals surface area contributed by atoms with Crippen LogP contribution in [0.15, 0.2) is 9.98 Å². The van der Waals surface area contributed by atoms with Crippen molar-refractivity contribution in [2.24, 2.45) is 9.98 Å². The van der Waals surface area contributed by atoms with E-state index in [0.29, 0.717) is 11.4 Å². The maximum absolute atomic E-state index is 12.0. The number of aliphatic imine (C=N–C) groups is 2. The average Bonchev–Trinajstić information content (AvgIpc) is 2.21. The van der Waals surface area contributed by atoms with Crippen LogP contribution in [-0.4, -0.2) is 31.2 Å². The van der Waals surface area contributed by atoms with Gasteiger partial charge in [-0.3, -0.25) is 0 Å². The van der Waals surface area contributed by atoms with E-state index in [1.807, 2.05) is 0 Å². The molecule has 0 aromatic heterocycles. The molecule has 1 aliphatic heterocycles. The third-order valence-electron chi connectivity index (χ3n) is 1.82. The molecule has 0 aromatic rings. The van der Waals surface area contributed by atoms with Crippen molar-refractivity contribution in [3.63, 3.8) is 0 Å². The van der Waals surface area contributed by atoms with Crippen molar-refractivity contribution >= 4 is 21.5 Å². The quantitative estimate of drug-likeness (QED) is 0.556. The maximum atomic E-state index is 12.0. The van der Waals surface area contributed by atoms with Gasteiger partial charge in [0.15, 0.2) is 0 Å². The van der Waals surface area contributed by atoms with Crippen LogP contribution in [0.2, 0.25) is 0 Å². The summed E-state index contributed by atoms with van der Waals surface area (Å²) in [5.74, 6) is -2.05. The summed E-state index contributed by atoms with van der Waals surface area (Å²) in [6.07, 6.45) is 0. The lowest BCUT2D eigenvalue weighted by Gasteiger charge is -2.18. The second kappa shape index (κ2) is 3.52. The second-order valence-corrected chi connectivity index (χ2v) is 4.85. The van der Waals surface area contributed by atoms with Gasteiger partial charge in [-0.2, -0.15) is 21.6 Å². The molecule has 5 nitrogen and oxygen atoms in total. The van der Waals surface area contributed by atoms with Gasteiger partial charge in [0.05, 0.1) is 11.4 Å². The Labute approximate surface area is 90.2 Å². The molecule has 0 N–H and O–H groups in total. The van der Waals surface area contributed by atoms with Gasteiger partial charge >= 0.3 is 15.6 Å². The average molecular weight is 258 g/mol. The lowest BCUT2D eigenvalue weighted by molar-refractivity contribution is -0.0624. The highest BCUT2D eigenvalue weighted by molar-refractivity contribution is 7.87. The Morgan fingerprint density at radius 1 is 1.19 bits per heavy atom. The van der Waals surface area contributed by atoms with Crippen LogP contribution >= 0.6 is 0 Å². The molecule has 0 amide bonds. The van der Waals surface area contributed by atoms with E-state index in [-0.39, 0.29) is 0 Å². The Morgan fingerprint density at radius 3 is 1.88 bits per heavy atom. The minimum absolute atomic E-state index is 0.333. The van der Waals surface area contributed by atoms with Gasteiger partial charge < -0.3 is 0 Å². The van der Waals surface area contributed by atoms with Crippen molar-refractivity contribution in [3.8, 4) is 0 Å². The first kappa shape index (κ1) is 13.1. The van der Waals surface area contributed by atoms with Crippen LogP contribution in [0.25, 0.3) is 0 Å². The summed E-state index contributed by atoms with van der Waals surface area (Å²) >= 11 is 0. The van der Waals surface area contributed by atoms with Crippen LogP contribution in [0.1, 0.15) is 20.8 Å². The van der Waals surface area contributed by atoms with Crippen molar-refractivity contribution in [3.05, 3.63) is 0 Å². The van der Waals surface area contributed by atoms with Crippen LogP contribution in [0.4, 0.5) is 13.2 Å². The lowest BCUT2D eigenvalue weighted by Crippen LogP contribution is -2.34. The van der Waals surface area contributed by atoms with Crippen LogP contribution in [-0.2, 0) is 14.3 Å². The van der Waals surface area contributed by atoms with Gasteiger partial charge in [0.1, 0.15) is 0 Å². The van der Waals surface area contributed by atoms with Gasteiger partial charge in [0.2, 0.25) is 0 Å². The minimum atomic E-state index is -5.70. The van der Waals surface area contributed by atoms with Crippen LogP contribution in [0.5, 0.6) is 0 Å². The van der Waals surface area contributed by atoms with E-state index in [1.54, 1.807) is 0 Å². The molecule has 0 bridgehead atoms. The number of alkyl halides is 3. The zero-order valence-corrected chi connectivity index (χ0v) is 9.48. The van der Waals surface area contributed by atoms with Crippen molar-refractivity contribution in [1.29, 1.82) is 0 Å². The fourth-order valence-corrected chi connectivity index (χ4v) is 1.69. The number of hydrogen-bond acceptors (Lipinski definition) is 5. The summed E-state index contributed by atoms with van der Waals surface area (Å²) < 4.78 is 61.6. The van der Waals surface area contributed by atoms with Gasteiger partial charge in [-0.1, -0.05) is 0 Å². The first-order chi connectivity index (χ1) is 6.97. The van der Waals surface area contributed by atoms with E-state index in [9.17, 15) is 21.6 Å². The standard InChI is InChI=1S/C7H9F3N2O3S/c1-4-5(2)12-6(3,11-4)15-16(13,14)7(8,9)10/h1-3H3. The first-order valence-electron chi connectivity index (χ1n) is 4.12. The van der Waals surface area contributed by atoms with E-state index < -0.39 is 21.5 Å². The summed E-state index contributed by atoms with van der Waals surface area (Å²) in [5.41, 5.74) is -4.81. The van der Waals surface area contributed by atoms with Gasteiger partial charge in [0.25, 0.3) is 5.85 Å². The topological polar surface area (TPSA) is 68.1 Å². The van der Waals surface area contributed by atoms with E-state index in [0.717, 1.165) is 6.92 Å². The predicted octanol–water partition coefficient (Wildman–Crippen LogP) is 1.46. The second-order valence-electron chi connectivity index (χ2n) is 3.31. The van der Waals surface area contributed by atoms with Gasteiger partial charge in [-0.15, -0.1) is 0 Å². The Bertz CT molecular complexity index is 446. The molecule has 0 radical (unpaired) electrons. The zero-order valence-electron chi connectivity index (χ0n) is 8.66. The number of nitrogens with zero attached hydrogens (tertiary/aromatic N) is 2. The number of halogens is 3. The first-order valence-corrected chi connectivity index (χ1v) is 5.53. The van der Waals surface area contributed by atoms with Gasteiger partial charge in [-0.05, 0) is 13.8 Å². The third-order valence-corrected chi connectivity index (χ3v) is 2.93. The summed E-state index contributed by atoms with van der Waals surface area (Å²) in [4.78, 5) is 7.22. The fraction of sp³-hybridized carbons (Fsp3) is 0.714. The highest BCUT2D eigenvalue weighted by Crippen LogP contribution is 2.31. The maximum Gasteiger partial charge on any atom is 0.523 e. The molecule has 0 saturated carbocycles. The lowest BCUT2D eigenvalue weighted by atomic mass is 10.3. The molecule has 16 heavy (non-hydrogen) atoms. The molecule has 1 heterocycles. The van der Waals surface area contributed by atoms with Crippen LogP contribution < -0.4 is 0 Å². The Hall–Kier alpha value is -0.960. The molecule has 0 aromatic carbocycles. The minimum Gasteiger partial charge on any atom is -0.232 e. The molecule has 1 rings (SSSR count). The van der Waals surface area contributed by atoms with Crippen molar-refractivity contribution in [2.45, 2.75) is 32.1 Å². The molecule has 0 atom stereocenters. The zero-order chi connectivity index (χ0) is 12.8. The summed E-state index contributed by atoms with van der Waals surface area (Å²) in [7, 11) is -5.70. The predicted molar refractivity (Wildman–Crippen MR) is 50.7 cm³/mol. The SMILES string of the molecule is CC1=NC(C)(OS(=O)(=O)C(F)(F)F)N=C1C. The molecule has 92 valence electrons. The highest BCUT2D eigenvalue weighted by atomic mass is 32.2. The molecule has 0 saturated heterocycles. The molecule has 9 heteroatoms. The van der Waals surface area contributed by atoms with E-state index >= 15 is 0 Å². The van der Waals surface area contributed by atoms with Crippen LogP contribution in [0, 0.1) is 0 Å². The summed E-state index contributed by atoms with van der Waals surface area (Å²) in [6.45, 7) is 4.03. The molecule has 0 fully saturated rings. The molecule has 0 aliphatic carbocycles. The smallest absolute Gasteiger partial charge is 0.232 e. The van der Waals surface area contributed by atoms with E-state index in [2.05, 4.69) is 14.2 Å². The Kier molecular flexibility index (Phi) is 2.88. The molecular formula is C7H9F3N2O3S. The van der Waals surface area contributed by atoms with Crippen LogP contribution in [0.3, 0.4) is 0 Å². The fourth-order valence-electron chi connectivity index (χ4n) is 1.10. The van der Waals surface area contributed by atoms with E-state index in [4.69, 9.17) is 0 Å². The van der Waals surface area contributed by atoms with Crippen molar-refractivity contribution < 1.29 is 25.8 Å². The number of rotatable bonds is 2. The van der Waals surface area contributed by atoms with Gasteiger partial charge in [0, 0.05) is 6.92 Å². The Balaban J connectivity index is 3.02. The molecule has 0 unspecified atom stereocenters. The molecule has 0 spiro atoms. The van der Waals surface area contributed by atoms with Crippen molar-refractivity contribution in [2.75, 3.05) is 0 Å². The molecule has 1 aliphatic rings. The third kappa shape index (κ3) is 2.40.